The predicted octanol–water partition coefficient (Wildman–Crippen LogP) is 3.60. The monoisotopic (exact) mass is 428 g/mol. The Morgan fingerprint density at radius 2 is 1.79 bits per heavy atom. The summed E-state index contributed by atoms with van der Waals surface area (Å²) in [5.74, 6) is -10.4. The Kier molecular flexibility index (Phi) is 5.32. The van der Waals surface area contributed by atoms with Gasteiger partial charge in [-0.15, -0.1) is 0 Å². The summed E-state index contributed by atoms with van der Waals surface area (Å²) < 4.78 is 82.9. The number of rotatable bonds is 5. The first-order valence-corrected chi connectivity index (χ1v) is 9.47. The van der Waals surface area contributed by atoms with Crippen molar-refractivity contribution < 1.29 is 46.1 Å². The Morgan fingerprint density at radius 3 is 2.31 bits per heavy atom. The first kappa shape index (κ1) is 22.4. The van der Waals surface area contributed by atoms with E-state index in [2.05, 4.69) is 11.3 Å². The second kappa shape index (κ2) is 6.88. The van der Waals surface area contributed by atoms with Gasteiger partial charge in [0.15, 0.2) is 6.10 Å². The number of carbonyl (C=O) groups is 1. The van der Waals surface area contributed by atoms with Crippen molar-refractivity contribution in [3.8, 4) is 0 Å². The Labute approximate surface area is 165 Å². The van der Waals surface area contributed by atoms with Gasteiger partial charge in [0.1, 0.15) is 6.10 Å². The highest BCUT2D eigenvalue weighted by atomic mass is 19.4. The normalized spacial score (nSPS) is 39.0. The van der Waals surface area contributed by atoms with Gasteiger partial charge in [-0.1, -0.05) is 6.58 Å². The van der Waals surface area contributed by atoms with Crippen LogP contribution in [-0.4, -0.2) is 53.4 Å². The molecule has 0 aromatic heterocycles. The lowest BCUT2D eigenvalue weighted by atomic mass is 9.76. The number of aliphatic hydroxyl groups is 1. The molecule has 6 unspecified atom stereocenters. The fourth-order valence-corrected chi connectivity index (χ4v) is 5.04. The SMILES string of the molecule is C=C(C)C(=O)OC1C2CCC(C2)C1C(C)(C)OC1COC(O)(C(F)(F)F)C1(F)F. The molecule has 2 aliphatic carbocycles. The van der Waals surface area contributed by atoms with Crippen LogP contribution in [0.25, 0.3) is 0 Å². The van der Waals surface area contributed by atoms with Crippen molar-refractivity contribution in [3.05, 3.63) is 12.2 Å². The molecule has 1 saturated heterocycles. The molecule has 6 atom stereocenters. The molecule has 10 heteroatoms. The molecule has 166 valence electrons. The summed E-state index contributed by atoms with van der Waals surface area (Å²) in [5, 5.41) is 9.47. The van der Waals surface area contributed by atoms with Gasteiger partial charge >= 0.3 is 23.9 Å². The zero-order chi connectivity index (χ0) is 22.0. The summed E-state index contributed by atoms with van der Waals surface area (Å²) in [6.07, 6.45) is -6.29. The van der Waals surface area contributed by atoms with E-state index in [9.17, 15) is 31.9 Å². The summed E-state index contributed by atoms with van der Waals surface area (Å²) in [5.41, 5.74) is -1.16. The average Bonchev–Trinajstić information content (AvgIpc) is 3.23. The molecule has 3 rings (SSSR count). The van der Waals surface area contributed by atoms with Crippen molar-refractivity contribution in [3.63, 3.8) is 0 Å². The van der Waals surface area contributed by atoms with Gasteiger partial charge in [-0.2, -0.15) is 22.0 Å². The Hall–Kier alpha value is -1.26. The van der Waals surface area contributed by atoms with Crippen LogP contribution in [0.2, 0.25) is 0 Å². The minimum Gasteiger partial charge on any atom is -0.458 e. The lowest BCUT2D eigenvalue weighted by Crippen LogP contribution is -2.61. The molecule has 0 spiro atoms. The number of esters is 1. The van der Waals surface area contributed by atoms with Crippen LogP contribution in [0.1, 0.15) is 40.0 Å². The third kappa shape index (κ3) is 3.46. The highest BCUT2D eigenvalue weighted by Gasteiger charge is 2.78. The molecule has 0 amide bonds. The number of carbonyl (C=O) groups excluding carboxylic acids is 1. The van der Waals surface area contributed by atoms with Crippen molar-refractivity contribution in [2.45, 2.75) is 75.7 Å². The van der Waals surface area contributed by atoms with Crippen LogP contribution in [0.4, 0.5) is 22.0 Å². The smallest absolute Gasteiger partial charge is 0.449 e. The maximum atomic E-state index is 14.5. The third-order valence-electron chi connectivity index (χ3n) is 6.36. The maximum absolute atomic E-state index is 14.5. The van der Waals surface area contributed by atoms with Gasteiger partial charge in [0, 0.05) is 11.5 Å². The lowest BCUT2D eigenvalue weighted by Gasteiger charge is -2.43. The lowest BCUT2D eigenvalue weighted by molar-refractivity contribution is -0.407. The van der Waals surface area contributed by atoms with Gasteiger partial charge < -0.3 is 19.3 Å². The number of fused-ring (bicyclic) bond motifs is 2. The molecule has 1 heterocycles. The molecule has 1 aliphatic heterocycles. The number of halogens is 5. The molecule has 3 aliphatic rings. The number of ether oxygens (including phenoxy) is 3. The topological polar surface area (TPSA) is 65.0 Å². The van der Waals surface area contributed by atoms with Crippen LogP contribution in [0.5, 0.6) is 0 Å². The minimum absolute atomic E-state index is 0.0235. The van der Waals surface area contributed by atoms with E-state index < -0.39 is 54.2 Å². The van der Waals surface area contributed by atoms with Crippen LogP contribution >= 0.6 is 0 Å². The molecule has 0 aromatic rings. The zero-order valence-electron chi connectivity index (χ0n) is 16.4. The first-order chi connectivity index (χ1) is 13.1. The van der Waals surface area contributed by atoms with Gasteiger partial charge in [0.2, 0.25) is 0 Å². The van der Waals surface area contributed by atoms with E-state index in [1.54, 1.807) is 0 Å². The van der Waals surface area contributed by atoms with E-state index >= 15 is 0 Å². The first-order valence-electron chi connectivity index (χ1n) is 9.47. The van der Waals surface area contributed by atoms with Crippen LogP contribution in [0.15, 0.2) is 12.2 Å². The number of hydrogen-bond donors (Lipinski definition) is 1. The van der Waals surface area contributed by atoms with Crippen LogP contribution in [0, 0.1) is 17.8 Å². The summed E-state index contributed by atoms with van der Waals surface area (Å²) in [6, 6.07) is 0. The van der Waals surface area contributed by atoms with E-state index in [-0.39, 0.29) is 17.4 Å². The standard InChI is InChI=1S/C19H25F5O5/c1-9(2)15(25)28-14-11-6-5-10(7-11)13(14)16(3,4)29-12-8-27-18(26,17(12,20)21)19(22,23)24/h10-14,26H,1,5-8H2,2-4H3. The third-order valence-corrected chi connectivity index (χ3v) is 6.36. The average molecular weight is 428 g/mol. The van der Waals surface area contributed by atoms with Crippen molar-refractivity contribution in [1.82, 2.24) is 0 Å². The van der Waals surface area contributed by atoms with Gasteiger partial charge in [-0.05, 0) is 51.9 Å². The molecule has 0 aromatic carbocycles. The maximum Gasteiger partial charge on any atom is 0.449 e. The molecule has 2 bridgehead atoms. The second-order valence-electron chi connectivity index (χ2n) is 8.79. The Bertz CT molecular complexity index is 691. The summed E-state index contributed by atoms with van der Waals surface area (Å²) in [6.45, 7) is 6.87. The van der Waals surface area contributed by atoms with E-state index in [0.29, 0.717) is 0 Å². The van der Waals surface area contributed by atoms with Crippen LogP contribution in [0.3, 0.4) is 0 Å². The fraction of sp³-hybridized carbons (Fsp3) is 0.842. The molecule has 3 fully saturated rings. The summed E-state index contributed by atoms with van der Waals surface area (Å²) in [7, 11) is 0. The van der Waals surface area contributed by atoms with Gasteiger partial charge in [-0.25, -0.2) is 4.79 Å². The zero-order valence-corrected chi connectivity index (χ0v) is 16.4. The number of alkyl halides is 5. The Morgan fingerprint density at radius 1 is 1.21 bits per heavy atom. The minimum atomic E-state index is -5.69. The van der Waals surface area contributed by atoms with Crippen LogP contribution in [-0.2, 0) is 19.0 Å². The van der Waals surface area contributed by atoms with Gasteiger partial charge in [0.25, 0.3) is 0 Å². The van der Waals surface area contributed by atoms with Crippen molar-refractivity contribution in [2.24, 2.45) is 17.8 Å². The quantitative estimate of drug-likeness (QED) is 0.412. The van der Waals surface area contributed by atoms with Crippen LogP contribution < -0.4 is 0 Å². The molecular formula is C19H25F5O5. The molecule has 29 heavy (non-hydrogen) atoms. The van der Waals surface area contributed by atoms with E-state index in [1.165, 1.54) is 20.8 Å². The fourth-order valence-electron chi connectivity index (χ4n) is 5.04. The molecule has 2 saturated carbocycles. The van der Waals surface area contributed by atoms with Crippen molar-refractivity contribution in [2.75, 3.05) is 6.61 Å². The van der Waals surface area contributed by atoms with E-state index in [1.807, 2.05) is 0 Å². The Balaban J connectivity index is 1.81. The van der Waals surface area contributed by atoms with Gasteiger partial charge in [0.05, 0.1) is 12.2 Å². The second-order valence-corrected chi connectivity index (χ2v) is 8.79. The highest BCUT2D eigenvalue weighted by Crippen LogP contribution is 2.56. The van der Waals surface area contributed by atoms with Gasteiger partial charge in [-0.3, -0.25) is 0 Å². The molecule has 0 radical (unpaired) electrons. The molecule has 1 N–H and O–H groups in total. The number of hydrogen-bond acceptors (Lipinski definition) is 5. The van der Waals surface area contributed by atoms with E-state index in [4.69, 9.17) is 9.47 Å². The van der Waals surface area contributed by atoms with Crippen molar-refractivity contribution >= 4 is 5.97 Å². The molecular weight excluding hydrogens is 403 g/mol. The predicted molar refractivity (Wildman–Crippen MR) is 89.9 cm³/mol. The van der Waals surface area contributed by atoms with E-state index in [0.717, 1.165) is 19.3 Å². The highest BCUT2D eigenvalue weighted by molar-refractivity contribution is 5.87. The largest absolute Gasteiger partial charge is 0.458 e. The summed E-state index contributed by atoms with van der Waals surface area (Å²) >= 11 is 0. The van der Waals surface area contributed by atoms with Crippen molar-refractivity contribution in [1.29, 1.82) is 0 Å². The summed E-state index contributed by atoms with van der Waals surface area (Å²) in [4.78, 5) is 12.0. The molecule has 5 nitrogen and oxygen atoms in total.